The molecule has 10 nitrogen and oxygen atoms in total. The van der Waals surface area contributed by atoms with Crippen molar-refractivity contribution in [1.29, 1.82) is 0 Å². The molecule has 4 saturated heterocycles. The molecule has 4 fully saturated rings. The van der Waals surface area contributed by atoms with Gasteiger partial charge in [0.05, 0.1) is 69.7 Å². The second-order valence-corrected chi connectivity index (χ2v) is 9.31. The summed E-state index contributed by atoms with van der Waals surface area (Å²) < 4.78 is 34.7. The zero-order valence-electron chi connectivity index (χ0n) is 16.7. The lowest BCUT2D eigenvalue weighted by Crippen LogP contribution is -2.12. The smallest absolute Gasteiger partial charge is 0.393 e. The Morgan fingerprint density at radius 3 is 1.72 bits per heavy atom. The fraction of sp³-hybridized carbons (Fsp3) is 1.00. The van der Waals surface area contributed by atoms with Crippen molar-refractivity contribution in [2.75, 3.05) is 39.2 Å². The summed E-state index contributed by atoms with van der Waals surface area (Å²) in [6, 6.07) is 0. The van der Waals surface area contributed by atoms with Crippen LogP contribution in [0.2, 0.25) is 0 Å². The minimum atomic E-state index is -1.87. The van der Waals surface area contributed by atoms with E-state index in [-0.39, 0.29) is 18.3 Å². The molecule has 170 valence electrons. The van der Waals surface area contributed by atoms with Crippen molar-refractivity contribution in [2.24, 2.45) is 11.0 Å². The predicted molar refractivity (Wildman–Crippen MR) is 109 cm³/mol. The van der Waals surface area contributed by atoms with Crippen molar-refractivity contribution in [1.82, 2.24) is 0 Å². The summed E-state index contributed by atoms with van der Waals surface area (Å²) in [5.41, 5.74) is 8.80. The third-order valence-corrected chi connectivity index (χ3v) is 5.34. The summed E-state index contributed by atoms with van der Waals surface area (Å²) in [6.45, 7) is 4.13. The first-order valence-corrected chi connectivity index (χ1v) is 12.6. The minimum absolute atomic E-state index is 0.258. The van der Waals surface area contributed by atoms with E-state index in [9.17, 15) is 10.2 Å². The van der Waals surface area contributed by atoms with Gasteiger partial charge in [0.15, 0.2) is 0 Å². The Balaban J connectivity index is 0.000000221. The zero-order chi connectivity index (χ0) is 21.1. The number of epoxide rings is 4. The monoisotopic (exact) mass is 457 g/mol. The summed E-state index contributed by atoms with van der Waals surface area (Å²) in [6.07, 6.45) is 6.09. The molecule has 4 aliphatic heterocycles. The Labute approximate surface area is 174 Å². The Hall–Kier alpha value is 0.170. The molecule has 7 atom stereocenters. The topological polar surface area (TPSA) is 169 Å². The Kier molecular flexibility index (Phi) is 12.5. The molecule has 0 radical (unpaired) electrons. The molecule has 0 aromatic rings. The summed E-state index contributed by atoms with van der Waals surface area (Å²) in [5, 5.41) is 19.2. The second-order valence-electron chi connectivity index (χ2n) is 7.52. The number of hydrogen-bond donors (Lipinski definition) is 4. The average molecular weight is 457 g/mol. The summed E-state index contributed by atoms with van der Waals surface area (Å²) in [7, 11) is -1.46. The van der Waals surface area contributed by atoms with Crippen molar-refractivity contribution in [3.05, 3.63) is 0 Å². The van der Waals surface area contributed by atoms with Gasteiger partial charge in [-0.2, -0.15) is 0 Å². The third-order valence-electron chi connectivity index (χ3n) is 4.44. The number of nitrogens with two attached hydrogens (primary N) is 2. The molecule has 0 aliphatic carbocycles. The highest BCUT2D eigenvalue weighted by Crippen LogP contribution is 2.24. The average Bonchev–Trinajstić information content (AvgIpc) is 3.48. The largest absolute Gasteiger partial charge is 0.526 e. The van der Waals surface area contributed by atoms with E-state index < -0.39 is 8.10 Å². The molecule has 4 aliphatic rings. The van der Waals surface area contributed by atoms with Crippen LogP contribution in [0.15, 0.2) is 0 Å². The molecule has 12 heteroatoms. The van der Waals surface area contributed by atoms with E-state index in [1.165, 1.54) is 0 Å². The van der Waals surface area contributed by atoms with E-state index in [0.29, 0.717) is 40.1 Å². The van der Waals surface area contributed by atoms with Gasteiger partial charge in [0, 0.05) is 28.1 Å². The normalized spacial score (nSPS) is 30.5. The van der Waals surface area contributed by atoms with Crippen molar-refractivity contribution >= 4 is 16.9 Å². The quantitative estimate of drug-likeness (QED) is 0.173. The van der Waals surface area contributed by atoms with E-state index in [0.717, 1.165) is 58.3 Å². The molecular formula is C17H35N2O8P2+. The molecule has 0 bridgehead atoms. The van der Waals surface area contributed by atoms with Gasteiger partial charge in [-0.15, -0.1) is 11.0 Å². The molecule has 7 unspecified atom stereocenters. The molecule has 0 amide bonds. The maximum atomic E-state index is 9.63. The standard InChI is InChI=1S/C12H23O5P.C5H8O2.H4N2OP/c13-9(5-11-7-15-11)1-3-17-18-4-2-10(14)6-12-8-16-12;1(4-2-6-4)5-3-7-5;1-4(2)3/h9-14,18H,1-8H2;4-5H,1-3H2;(H4,1,2,3)/q;;+1. The maximum absolute atomic E-state index is 9.63. The van der Waals surface area contributed by atoms with E-state index in [4.69, 9.17) is 28.0 Å². The van der Waals surface area contributed by atoms with Crippen LogP contribution in [0.4, 0.5) is 0 Å². The molecule has 4 heterocycles. The van der Waals surface area contributed by atoms with Gasteiger partial charge in [0.25, 0.3) is 0 Å². The third kappa shape index (κ3) is 17.5. The Morgan fingerprint density at radius 2 is 1.31 bits per heavy atom. The van der Waals surface area contributed by atoms with Crippen molar-refractivity contribution < 1.29 is 38.2 Å². The van der Waals surface area contributed by atoms with Gasteiger partial charge >= 0.3 is 8.10 Å². The number of rotatable bonds is 13. The van der Waals surface area contributed by atoms with E-state index >= 15 is 0 Å². The van der Waals surface area contributed by atoms with Crippen LogP contribution in [-0.2, 0) is 28.0 Å². The summed E-state index contributed by atoms with van der Waals surface area (Å²) >= 11 is 0. The van der Waals surface area contributed by atoms with E-state index in [1.807, 2.05) is 0 Å². The van der Waals surface area contributed by atoms with Gasteiger partial charge in [0.2, 0.25) is 0 Å². The minimum Gasteiger partial charge on any atom is -0.393 e. The van der Waals surface area contributed by atoms with Gasteiger partial charge in [0.1, 0.15) is 0 Å². The van der Waals surface area contributed by atoms with Gasteiger partial charge in [-0.05, 0) is 23.6 Å². The molecule has 0 spiro atoms. The molecule has 4 rings (SSSR count). The number of hydrogen-bond acceptors (Lipinski definition) is 8. The highest BCUT2D eigenvalue weighted by Gasteiger charge is 2.33. The van der Waals surface area contributed by atoms with E-state index in [1.54, 1.807) is 0 Å². The molecule has 6 N–H and O–H groups in total. The first-order valence-electron chi connectivity index (χ1n) is 10.1. The lowest BCUT2D eigenvalue weighted by molar-refractivity contribution is 0.124. The SMILES string of the molecule is C1OC1CC1CO1.N[P+](N)=O.OC(CCOPCCC(O)CC1CO1)CC1CO1. The number of ether oxygens (including phenoxy) is 4. The molecular weight excluding hydrogens is 422 g/mol. The lowest BCUT2D eigenvalue weighted by Gasteiger charge is -2.10. The van der Waals surface area contributed by atoms with Gasteiger partial charge in [-0.1, -0.05) is 0 Å². The van der Waals surface area contributed by atoms with Crippen LogP contribution in [0.25, 0.3) is 0 Å². The van der Waals surface area contributed by atoms with Crippen molar-refractivity contribution in [3.63, 3.8) is 0 Å². The van der Waals surface area contributed by atoms with Crippen LogP contribution >= 0.6 is 16.9 Å². The summed E-state index contributed by atoms with van der Waals surface area (Å²) in [5.74, 6) is 0. The highest BCUT2D eigenvalue weighted by atomic mass is 31.1. The van der Waals surface area contributed by atoms with Gasteiger partial charge in [-0.25, -0.2) is 0 Å². The van der Waals surface area contributed by atoms with Crippen LogP contribution in [-0.4, -0.2) is 86.0 Å². The first-order chi connectivity index (χ1) is 13.9. The van der Waals surface area contributed by atoms with Gasteiger partial charge in [-0.3, -0.25) is 0 Å². The van der Waals surface area contributed by atoms with Crippen molar-refractivity contribution in [3.8, 4) is 0 Å². The molecule has 0 aromatic carbocycles. The highest BCUT2D eigenvalue weighted by molar-refractivity contribution is 7.39. The lowest BCUT2D eigenvalue weighted by atomic mass is 10.1. The van der Waals surface area contributed by atoms with Crippen molar-refractivity contribution in [2.45, 2.75) is 68.7 Å². The zero-order valence-corrected chi connectivity index (χ0v) is 18.6. The maximum Gasteiger partial charge on any atom is 0.526 e. The van der Waals surface area contributed by atoms with Crippen LogP contribution in [0.3, 0.4) is 0 Å². The number of aliphatic hydroxyl groups excluding tert-OH is 2. The van der Waals surface area contributed by atoms with E-state index in [2.05, 4.69) is 11.0 Å². The van der Waals surface area contributed by atoms with Crippen LogP contribution in [0, 0.1) is 0 Å². The van der Waals surface area contributed by atoms with Gasteiger partial charge < -0.3 is 33.7 Å². The molecule has 0 saturated carbocycles. The molecule has 0 aromatic heterocycles. The number of aliphatic hydroxyl groups is 2. The Bertz CT molecular complexity index is 425. The predicted octanol–water partition coefficient (Wildman–Crippen LogP) is 0.412. The van der Waals surface area contributed by atoms with Crippen LogP contribution < -0.4 is 11.0 Å². The Morgan fingerprint density at radius 1 is 0.897 bits per heavy atom. The fourth-order valence-electron chi connectivity index (χ4n) is 2.52. The summed E-state index contributed by atoms with van der Waals surface area (Å²) in [4.78, 5) is 0. The second kappa shape index (κ2) is 14.3. The van der Waals surface area contributed by atoms with Crippen LogP contribution in [0.5, 0.6) is 0 Å². The fourth-order valence-corrected chi connectivity index (χ4v) is 3.37. The molecule has 29 heavy (non-hydrogen) atoms. The van der Waals surface area contributed by atoms with Crippen LogP contribution in [0.1, 0.15) is 32.1 Å². The first kappa shape index (κ1) is 25.4.